The molecule has 2 N–H and O–H groups in total. The van der Waals surface area contributed by atoms with Crippen LogP contribution in [0.1, 0.15) is 34.3 Å². The predicted octanol–water partition coefficient (Wildman–Crippen LogP) is 2.16. The monoisotopic (exact) mass is 264 g/mol. The van der Waals surface area contributed by atoms with Crippen LogP contribution in [0.3, 0.4) is 0 Å². The van der Waals surface area contributed by atoms with Gasteiger partial charge < -0.3 is 10.6 Å². The Balaban J connectivity index is 1.82. The summed E-state index contributed by atoms with van der Waals surface area (Å²) in [6.45, 7) is 2.57. The van der Waals surface area contributed by atoms with Gasteiger partial charge in [-0.25, -0.2) is 0 Å². The number of rotatable bonds is 6. The van der Waals surface area contributed by atoms with E-state index < -0.39 is 0 Å². The van der Waals surface area contributed by atoms with Crippen molar-refractivity contribution >= 4 is 17.7 Å². The van der Waals surface area contributed by atoms with Crippen LogP contribution < -0.4 is 10.6 Å². The first kappa shape index (κ1) is 13.4. The van der Waals surface area contributed by atoms with Gasteiger partial charge in [0.2, 0.25) is 0 Å². The number of hydrogen-bond donors (Lipinski definition) is 2. The molecular formula is C14H20N2OS. The highest BCUT2D eigenvalue weighted by Crippen LogP contribution is 2.16. The molecule has 4 heteroatoms. The molecule has 0 bridgehead atoms. The predicted molar refractivity (Wildman–Crippen MR) is 76.9 cm³/mol. The Hall–Kier alpha value is -1.00. The quantitative estimate of drug-likeness (QED) is 0.774. The van der Waals surface area contributed by atoms with E-state index in [2.05, 4.69) is 23.0 Å². The first-order valence-corrected chi connectivity index (χ1v) is 7.80. The molecule has 1 aromatic rings. The lowest BCUT2D eigenvalue weighted by Crippen LogP contribution is -2.24. The molecule has 0 saturated heterocycles. The van der Waals surface area contributed by atoms with Gasteiger partial charge in [-0.2, -0.15) is 11.8 Å². The van der Waals surface area contributed by atoms with Crippen LogP contribution in [0.15, 0.2) is 18.2 Å². The summed E-state index contributed by atoms with van der Waals surface area (Å²) in [5.74, 6) is 1.22. The fourth-order valence-corrected chi connectivity index (χ4v) is 2.60. The van der Waals surface area contributed by atoms with Crippen LogP contribution in [0.25, 0.3) is 0 Å². The van der Waals surface area contributed by atoms with Crippen LogP contribution in [-0.2, 0) is 13.1 Å². The van der Waals surface area contributed by atoms with E-state index in [9.17, 15) is 4.79 Å². The molecule has 18 heavy (non-hydrogen) atoms. The Morgan fingerprint density at radius 3 is 3.00 bits per heavy atom. The summed E-state index contributed by atoms with van der Waals surface area (Å²) in [7, 11) is 0. The van der Waals surface area contributed by atoms with Crippen molar-refractivity contribution in [2.75, 3.05) is 18.6 Å². The highest BCUT2D eigenvalue weighted by molar-refractivity contribution is 7.98. The highest BCUT2D eigenvalue weighted by Gasteiger charge is 2.12. The van der Waals surface area contributed by atoms with Crippen molar-refractivity contribution in [3.05, 3.63) is 34.9 Å². The van der Waals surface area contributed by atoms with Crippen LogP contribution >= 0.6 is 11.8 Å². The maximum atomic E-state index is 11.9. The smallest absolute Gasteiger partial charge is 0.251 e. The van der Waals surface area contributed by atoms with Crippen LogP contribution in [0, 0.1) is 0 Å². The number of carbonyl (C=O) groups excluding carboxylic acids is 1. The number of benzene rings is 1. The lowest BCUT2D eigenvalue weighted by Gasteiger charge is -2.06. The molecule has 0 aliphatic carbocycles. The molecule has 1 aliphatic heterocycles. The van der Waals surface area contributed by atoms with Gasteiger partial charge in [-0.1, -0.05) is 6.07 Å². The molecule has 1 aliphatic rings. The standard InChI is InChI=1S/C14H20N2OS/c1-18-7-3-2-6-16-14(17)11-4-5-12-9-15-10-13(12)8-11/h4-5,8,15H,2-3,6-7,9-10H2,1H3,(H,16,17). The topological polar surface area (TPSA) is 41.1 Å². The van der Waals surface area contributed by atoms with Crippen LogP contribution in [0.2, 0.25) is 0 Å². The Bertz CT molecular complexity index is 420. The zero-order valence-electron chi connectivity index (χ0n) is 10.8. The third-order valence-corrected chi connectivity index (χ3v) is 3.86. The number of fused-ring (bicyclic) bond motifs is 1. The molecule has 0 radical (unpaired) electrons. The minimum atomic E-state index is 0.0499. The van der Waals surface area contributed by atoms with Gasteiger partial charge >= 0.3 is 0 Å². The van der Waals surface area contributed by atoms with Crippen LogP contribution in [0.5, 0.6) is 0 Å². The van der Waals surface area contributed by atoms with E-state index in [1.165, 1.54) is 16.9 Å². The van der Waals surface area contributed by atoms with Crippen molar-refractivity contribution in [3.63, 3.8) is 0 Å². The lowest BCUT2D eigenvalue weighted by molar-refractivity contribution is 0.0953. The molecule has 0 aromatic heterocycles. The highest BCUT2D eigenvalue weighted by atomic mass is 32.2. The van der Waals surface area contributed by atoms with E-state index in [1.54, 1.807) is 0 Å². The summed E-state index contributed by atoms with van der Waals surface area (Å²) in [6, 6.07) is 5.98. The Kier molecular flexibility index (Phi) is 5.08. The molecule has 2 rings (SSSR count). The van der Waals surface area contributed by atoms with Crippen molar-refractivity contribution in [1.29, 1.82) is 0 Å². The van der Waals surface area contributed by atoms with E-state index in [4.69, 9.17) is 0 Å². The average Bonchev–Trinajstić information content (AvgIpc) is 2.85. The molecule has 3 nitrogen and oxygen atoms in total. The molecule has 0 saturated carbocycles. The maximum absolute atomic E-state index is 11.9. The fraction of sp³-hybridized carbons (Fsp3) is 0.500. The third-order valence-electron chi connectivity index (χ3n) is 3.16. The first-order chi connectivity index (χ1) is 8.81. The summed E-state index contributed by atoms with van der Waals surface area (Å²) in [4.78, 5) is 11.9. The summed E-state index contributed by atoms with van der Waals surface area (Å²) < 4.78 is 0. The van der Waals surface area contributed by atoms with Crippen molar-refractivity contribution in [2.24, 2.45) is 0 Å². The second-order valence-electron chi connectivity index (χ2n) is 4.54. The number of carbonyl (C=O) groups is 1. The SMILES string of the molecule is CSCCCCNC(=O)c1ccc2c(c1)CNC2. The summed E-state index contributed by atoms with van der Waals surface area (Å²) in [5, 5.41) is 6.27. The average molecular weight is 264 g/mol. The second kappa shape index (κ2) is 6.81. The first-order valence-electron chi connectivity index (χ1n) is 6.41. The Morgan fingerprint density at radius 2 is 2.17 bits per heavy atom. The van der Waals surface area contributed by atoms with Crippen molar-refractivity contribution in [3.8, 4) is 0 Å². The number of amides is 1. The molecular weight excluding hydrogens is 244 g/mol. The van der Waals surface area contributed by atoms with Gasteiger partial charge in [0.05, 0.1) is 0 Å². The number of hydrogen-bond acceptors (Lipinski definition) is 3. The van der Waals surface area contributed by atoms with Crippen molar-refractivity contribution in [1.82, 2.24) is 10.6 Å². The second-order valence-corrected chi connectivity index (χ2v) is 5.53. The maximum Gasteiger partial charge on any atom is 0.251 e. The third kappa shape index (κ3) is 3.50. The molecule has 0 unspecified atom stereocenters. The van der Waals surface area contributed by atoms with E-state index in [1.807, 2.05) is 23.9 Å². The lowest BCUT2D eigenvalue weighted by atomic mass is 10.1. The number of thioether (sulfide) groups is 1. The van der Waals surface area contributed by atoms with Gasteiger partial charge in [0.25, 0.3) is 5.91 Å². The molecule has 0 fully saturated rings. The zero-order valence-corrected chi connectivity index (χ0v) is 11.6. The number of unbranched alkanes of at least 4 members (excludes halogenated alkanes) is 1. The summed E-state index contributed by atoms with van der Waals surface area (Å²) in [5.41, 5.74) is 3.35. The fourth-order valence-electron chi connectivity index (χ4n) is 2.11. The van der Waals surface area contributed by atoms with E-state index in [0.29, 0.717) is 0 Å². The Labute approximate surface area is 113 Å². The minimum Gasteiger partial charge on any atom is -0.352 e. The Morgan fingerprint density at radius 1 is 1.33 bits per heavy atom. The van der Waals surface area contributed by atoms with Gasteiger partial charge in [-0.15, -0.1) is 0 Å². The van der Waals surface area contributed by atoms with Crippen LogP contribution in [-0.4, -0.2) is 24.5 Å². The van der Waals surface area contributed by atoms with E-state index in [0.717, 1.165) is 38.0 Å². The normalized spacial score (nSPS) is 13.4. The molecule has 0 atom stereocenters. The zero-order chi connectivity index (χ0) is 12.8. The van der Waals surface area contributed by atoms with E-state index in [-0.39, 0.29) is 5.91 Å². The molecule has 98 valence electrons. The van der Waals surface area contributed by atoms with E-state index >= 15 is 0 Å². The molecule has 1 aromatic carbocycles. The van der Waals surface area contributed by atoms with Gasteiger partial charge in [-0.05, 0) is 48.1 Å². The summed E-state index contributed by atoms with van der Waals surface area (Å²) >= 11 is 1.85. The largest absolute Gasteiger partial charge is 0.352 e. The van der Waals surface area contributed by atoms with Crippen LogP contribution in [0.4, 0.5) is 0 Å². The van der Waals surface area contributed by atoms with Crippen molar-refractivity contribution < 1.29 is 4.79 Å². The van der Waals surface area contributed by atoms with Crippen molar-refractivity contribution in [2.45, 2.75) is 25.9 Å². The van der Waals surface area contributed by atoms with Gasteiger partial charge in [0, 0.05) is 25.2 Å². The van der Waals surface area contributed by atoms with Gasteiger partial charge in [-0.3, -0.25) is 4.79 Å². The summed E-state index contributed by atoms with van der Waals surface area (Å²) in [6.07, 6.45) is 4.33. The molecule has 0 spiro atoms. The van der Waals surface area contributed by atoms with Gasteiger partial charge in [0.15, 0.2) is 0 Å². The number of nitrogens with one attached hydrogen (secondary N) is 2. The molecule has 1 heterocycles. The van der Waals surface area contributed by atoms with Gasteiger partial charge in [0.1, 0.15) is 0 Å². The molecule has 1 amide bonds. The minimum absolute atomic E-state index is 0.0499.